The molecule has 0 aromatic rings. The third-order valence-electron chi connectivity index (χ3n) is 4.08. The molecule has 0 radical (unpaired) electrons. The maximum absolute atomic E-state index is 2.44. The molecule has 0 saturated carbocycles. The van der Waals surface area contributed by atoms with Crippen LogP contribution in [0, 0.1) is 0 Å². The Morgan fingerprint density at radius 1 is 0.692 bits per heavy atom. The van der Waals surface area contributed by atoms with Gasteiger partial charge in [0.15, 0.2) is 0 Å². The Morgan fingerprint density at radius 3 is 0.923 bits per heavy atom. The van der Waals surface area contributed by atoms with Crippen LogP contribution in [0.4, 0.5) is 0 Å². The molecular formula is C12H28Si. The summed E-state index contributed by atoms with van der Waals surface area (Å²) >= 11 is 0. The van der Waals surface area contributed by atoms with Crippen LogP contribution in [0.2, 0.25) is 22.2 Å². The molecule has 0 heterocycles. The molecule has 0 N–H and O–H groups in total. The van der Waals surface area contributed by atoms with Gasteiger partial charge in [-0.15, -0.1) is 0 Å². The lowest BCUT2D eigenvalue weighted by atomic mass is 10.2. The van der Waals surface area contributed by atoms with Gasteiger partial charge in [0.05, 0.1) is 8.07 Å². The van der Waals surface area contributed by atoms with E-state index in [9.17, 15) is 0 Å². The Hall–Kier alpha value is 0.217. The van der Waals surface area contributed by atoms with Crippen molar-refractivity contribution in [3.05, 3.63) is 0 Å². The zero-order valence-electron chi connectivity index (χ0n) is 10.9. The van der Waals surface area contributed by atoms with Gasteiger partial charge < -0.3 is 0 Å². The van der Waals surface area contributed by atoms with Gasteiger partial charge in [0.1, 0.15) is 0 Å². The summed E-state index contributed by atoms with van der Waals surface area (Å²) in [5.41, 5.74) is 0. The van der Waals surface area contributed by atoms with Crippen molar-refractivity contribution >= 4 is 8.07 Å². The highest BCUT2D eigenvalue weighted by atomic mass is 28.3. The molecule has 0 amide bonds. The van der Waals surface area contributed by atoms with E-state index >= 15 is 0 Å². The molecule has 13 heavy (non-hydrogen) atoms. The lowest BCUT2D eigenvalue weighted by molar-refractivity contribution is 0.602. The predicted octanol–water partition coefficient (Wildman–Crippen LogP) is 5.08. The van der Waals surface area contributed by atoms with E-state index in [0.717, 1.165) is 0 Å². The van der Waals surface area contributed by atoms with E-state index in [2.05, 4.69) is 55.4 Å². The molecule has 0 saturated heterocycles. The molecule has 0 aliphatic carbocycles. The molecule has 0 nitrogen and oxygen atoms in total. The summed E-state index contributed by atoms with van der Waals surface area (Å²) in [6, 6.07) is 2.83. The minimum Gasteiger partial charge on any atom is -0.0677 e. The molecule has 0 fully saturated rings. The topological polar surface area (TPSA) is 0 Å². The molecule has 80 valence electrons. The molecule has 0 aromatic heterocycles. The zero-order chi connectivity index (χ0) is 10.9. The molecule has 0 rings (SSSR count). The first-order valence-electron chi connectivity index (χ1n) is 5.62. The first-order chi connectivity index (χ1) is 5.62. The van der Waals surface area contributed by atoms with Crippen molar-refractivity contribution < 1.29 is 0 Å². The second-order valence-electron chi connectivity index (χ2n) is 6.29. The van der Waals surface area contributed by atoms with Crippen molar-refractivity contribution in [2.75, 3.05) is 0 Å². The fourth-order valence-corrected chi connectivity index (χ4v) is 10.5. The van der Waals surface area contributed by atoms with Crippen molar-refractivity contribution in [1.29, 1.82) is 0 Å². The minimum atomic E-state index is -1.15. The van der Waals surface area contributed by atoms with E-state index in [-0.39, 0.29) is 0 Å². The van der Waals surface area contributed by atoms with Gasteiger partial charge in [0.2, 0.25) is 0 Å². The standard InChI is InChI=1S/C12H28Si/c1-9-13(10-2,11(3,4)5)12(6,7)8/h9-10H2,1-8H3. The summed E-state index contributed by atoms with van der Waals surface area (Å²) in [4.78, 5) is 0. The smallest absolute Gasteiger partial charge is 0.0638 e. The second kappa shape index (κ2) is 3.76. The number of hydrogen-bond acceptors (Lipinski definition) is 0. The molecule has 0 spiro atoms. The molecule has 0 atom stereocenters. The summed E-state index contributed by atoms with van der Waals surface area (Å²) in [7, 11) is -1.15. The predicted molar refractivity (Wildman–Crippen MR) is 66.1 cm³/mol. The monoisotopic (exact) mass is 200 g/mol. The van der Waals surface area contributed by atoms with Crippen LogP contribution in [-0.2, 0) is 0 Å². The van der Waals surface area contributed by atoms with Crippen LogP contribution in [0.3, 0.4) is 0 Å². The maximum atomic E-state index is 2.44. The van der Waals surface area contributed by atoms with E-state index in [0.29, 0.717) is 10.1 Å². The first kappa shape index (κ1) is 13.2. The molecular weight excluding hydrogens is 172 g/mol. The van der Waals surface area contributed by atoms with Gasteiger partial charge in [-0.1, -0.05) is 67.5 Å². The van der Waals surface area contributed by atoms with E-state index in [1.165, 1.54) is 12.1 Å². The summed E-state index contributed by atoms with van der Waals surface area (Å²) in [6.45, 7) is 19.4. The van der Waals surface area contributed by atoms with Crippen LogP contribution < -0.4 is 0 Å². The van der Waals surface area contributed by atoms with Gasteiger partial charge in [0, 0.05) is 0 Å². The van der Waals surface area contributed by atoms with E-state index in [1.807, 2.05) is 0 Å². The van der Waals surface area contributed by atoms with Crippen LogP contribution in [0.15, 0.2) is 0 Å². The Bertz CT molecular complexity index is 137. The lowest BCUT2D eigenvalue weighted by Gasteiger charge is -2.51. The normalized spacial score (nSPS) is 14.8. The Kier molecular flexibility index (Phi) is 3.82. The Labute approximate surface area is 86.1 Å². The highest BCUT2D eigenvalue weighted by Gasteiger charge is 2.49. The van der Waals surface area contributed by atoms with Crippen molar-refractivity contribution in [3.8, 4) is 0 Å². The van der Waals surface area contributed by atoms with E-state index < -0.39 is 8.07 Å². The van der Waals surface area contributed by atoms with Crippen molar-refractivity contribution in [1.82, 2.24) is 0 Å². The average Bonchev–Trinajstić information content (AvgIpc) is 1.84. The van der Waals surface area contributed by atoms with Gasteiger partial charge in [-0.2, -0.15) is 0 Å². The largest absolute Gasteiger partial charge is 0.0677 e. The van der Waals surface area contributed by atoms with Crippen molar-refractivity contribution in [2.24, 2.45) is 0 Å². The third-order valence-corrected chi connectivity index (χ3v) is 12.2. The zero-order valence-corrected chi connectivity index (χ0v) is 11.9. The Morgan fingerprint density at radius 2 is 0.923 bits per heavy atom. The highest BCUT2D eigenvalue weighted by Crippen LogP contribution is 2.54. The van der Waals surface area contributed by atoms with Crippen LogP contribution in [0.25, 0.3) is 0 Å². The van der Waals surface area contributed by atoms with Crippen LogP contribution in [0.5, 0.6) is 0 Å². The fraction of sp³-hybridized carbons (Fsp3) is 1.00. The lowest BCUT2D eigenvalue weighted by Crippen LogP contribution is -2.50. The van der Waals surface area contributed by atoms with Gasteiger partial charge in [-0.05, 0) is 10.1 Å². The minimum absolute atomic E-state index is 0.536. The summed E-state index contributed by atoms with van der Waals surface area (Å²) in [6.07, 6.45) is 0. The quantitative estimate of drug-likeness (QED) is 0.546. The number of rotatable bonds is 2. The van der Waals surface area contributed by atoms with Crippen molar-refractivity contribution in [3.63, 3.8) is 0 Å². The van der Waals surface area contributed by atoms with Crippen LogP contribution in [-0.4, -0.2) is 8.07 Å². The van der Waals surface area contributed by atoms with Crippen molar-refractivity contribution in [2.45, 2.75) is 77.6 Å². The molecule has 0 aromatic carbocycles. The van der Waals surface area contributed by atoms with Gasteiger partial charge in [-0.3, -0.25) is 0 Å². The van der Waals surface area contributed by atoms with Gasteiger partial charge in [-0.25, -0.2) is 0 Å². The molecule has 0 unspecified atom stereocenters. The molecule has 0 aliphatic heterocycles. The molecule has 0 aliphatic rings. The average molecular weight is 200 g/mol. The van der Waals surface area contributed by atoms with Gasteiger partial charge >= 0.3 is 0 Å². The van der Waals surface area contributed by atoms with E-state index in [1.54, 1.807) is 0 Å². The van der Waals surface area contributed by atoms with Gasteiger partial charge in [0.25, 0.3) is 0 Å². The summed E-state index contributed by atoms with van der Waals surface area (Å²) in [5, 5.41) is 1.07. The fourth-order valence-electron chi connectivity index (χ4n) is 3.50. The van der Waals surface area contributed by atoms with E-state index in [4.69, 9.17) is 0 Å². The van der Waals surface area contributed by atoms with Crippen LogP contribution in [0.1, 0.15) is 55.4 Å². The first-order valence-corrected chi connectivity index (χ1v) is 8.04. The second-order valence-corrected chi connectivity index (χ2v) is 12.9. The number of hydrogen-bond donors (Lipinski definition) is 0. The summed E-state index contributed by atoms with van der Waals surface area (Å²) < 4.78 is 0. The highest BCUT2D eigenvalue weighted by molar-refractivity contribution is 6.84. The van der Waals surface area contributed by atoms with Crippen LogP contribution >= 0.6 is 0 Å². The summed E-state index contributed by atoms with van der Waals surface area (Å²) in [5.74, 6) is 0. The molecule has 1 heteroatoms. The maximum Gasteiger partial charge on any atom is 0.0638 e. The SMILES string of the molecule is CC[Si](CC)(C(C)(C)C)C(C)(C)C. The third kappa shape index (κ3) is 2.17. The molecule has 0 bridgehead atoms. The Balaban J connectivity index is 5.17.